The van der Waals surface area contributed by atoms with Gasteiger partial charge in [-0.2, -0.15) is 0 Å². The fourth-order valence-corrected chi connectivity index (χ4v) is 3.98. The number of hydrogen-bond donors (Lipinski definition) is 0. The Labute approximate surface area is 114 Å². The predicted molar refractivity (Wildman–Crippen MR) is 73.1 cm³/mol. The molecule has 0 unspecified atom stereocenters. The number of nitrogens with zero attached hydrogens (tertiary/aromatic N) is 2. The van der Waals surface area contributed by atoms with E-state index in [-0.39, 0.29) is 6.42 Å². The van der Waals surface area contributed by atoms with Gasteiger partial charge in [0.2, 0.25) is 0 Å². The minimum Gasteiger partial charge on any atom is -0.356 e. The van der Waals surface area contributed by atoms with E-state index < -0.39 is 11.3 Å². The van der Waals surface area contributed by atoms with Crippen LogP contribution in [0.15, 0.2) is 23.7 Å². The van der Waals surface area contributed by atoms with Crippen molar-refractivity contribution in [2.75, 3.05) is 18.0 Å². The zero-order chi connectivity index (χ0) is 13.1. The quantitative estimate of drug-likeness (QED) is 0.787. The second kappa shape index (κ2) is 3.66. The zero-order valence-corrected chi connectivity index (χ0v) is 11.2. The summed E-state index contributed by atoms with van der Waals surface area (Å²) in [4.78, 5) is 6.61. The molecule has 2 aromatic rings. The van der Waals surface area contributed by atoms with E-state index in [4.69, 9.17) is 0 Å². The Hall–Kier alpha value is -1.23. The van der Waals surface area contributed by atoms with Gasteiger partial charge in [0.25, 0.3) is 5.92 Å². The van der Waals surface area contributed by atoms with Crippen LogP contribution in [0.1, 0.15) is 19.3 Å². The molecule has 5 heteroatoms. The van der Waals surface area contributed by atoms with Crippen LogP contribution in [-0.2, 0) is 0 Å². The summed E-state index contributed by atoms with van der Waals surface area (Å²) in [7, 11) is 0. The van der Waals surface area contributed by atoms with Crippen LogP contribution in [0.25, 0.3) is 10.1 Å². The Bertz CT molecular complexity index is 629. The molecule has 0 radical (unpaired) electrons. The predicted octanol–water partition coefficient (Wildman–Crippen LogP) is 3.92. The first-order valence-electron chi connectivity index (χ1n) is 6.56. The summed E-state index contributed by atoms with van der Waals surface area (Å²) >= 11 is 1.69. The lowest BCUT2D eigenvalue weighted by atomic mass is 9.93. The SMILES string of the molecule is FC1(F)CC12CCN(c1nccc3sccc13)CC2. The fraction of sp³-hybridized carbons (Fsp3) is 0.500. The van der Waals surface area contributed by atoms with Gasteiger partial charge in [-0.1, -0.05) is 0 Å². The number of thiophene rings is 1. The fourth-order valence-electron chi connectivity index (χ4n) is 3.20. The van der Waals surface area contributed by atoms with Gasteiger partial charge in [-0.25, -0.2) is 13.8 Å². The number of rotatable bonds is 1. The highest BCUT2D eigenvalue weighted by atomic mass is 32.1. The van der Waals surface area contributed by atoms with Crippen molar-refractivity contribution in [3.63, 3.8) is 0 Å². The number of pyridine rings is 1. The van der Waals surface area contributed by atoms with Crippen LogP contribution in [0.2, 0.25) is 0 Å². The highest BCUT2D eigenvalue weighted by Crippen LogP contribution is 2.65. The second-order valence-corrected chi connectivity index (χ2v) is 6.56. The Morgan fingerprint density at radius 2 is 1.95 bits per heavy atom. The summed E-state index contributed by atoms with van der Waals surface area (Å²) < 4.78 is 28.0. The van der Waals surface area contributed by atoms with E-state index in [9.17, 15) is 8.78 Å². The second-order valence-electron chi connectivity index (χ2n) is 5.62. The van der Waals surface area contributed by atoms with Crippen LogP contribution in [0, 0.1) is 5.41 Å². The van der Waals surface area contributed by atoms with E-state index in [1.54, 1.807) is 11.3 Å². The maximum atomic E-state index is 13.4. The summed E-state index contributed by atoms with van der Waals surface area (Å²) in [6.07, 6.45) is 3.07. The molecule has 19 heavy (non-hydrogen) atoms. The largest absolute Gasteiger partial charge is 0.356 e. The first kappa shape index (κ1) is 11.6. The Morgan fingerprint density at radius 3 is 2.63 bits per heavy atom. The topological polar surface area (TPSA) is 16.1 Å². The molecule has 2 fully saturated rings. The Balaban J connectivity index is 1.60. The van der Waals surface area contributed by atoms with Gasteiger partial charge in [0.15, 0.2) is 0 Å². The summed E-state index contributed by atoms with van der Waals surface area (Å²) in [6, 6.07) is 4.07. The lowest BCUT2D eigenvalue weighted by molar-refractivity contribution is 0.0537. The third kappa shape index (κ3) is 1.60. The molecule has 1 saturated carbocycles. The molecule has 1 aliphatic carbocycles. The van der Waals surface area contributed by atoms with Crippen LogP contribution < -0.4 is 4.90 Å². The molecule has 2 aromatic heterocycles. The van der Waals surface area contributed by atoms with Gasteiger partial charge >= 0.3 is 0 Å². The van der Waals surface area contributed by atoms with E-state index in [1.165, 1.54) is 4.70 Å². The molecule has 1 saturated heterocycles. The first-order valence-corrected chi connectivity index (χ1v) is 7.44. The van der Waals surface area contributed by atoms with Gasteiger partial charge in [0.1, 0.15) is 5.82 Å². The molecule has 1 aliphatic heterocycles. The molecular formula is C14H14F2N2S. The van der Waals surface area contributed by atoms with Crippen molar-refractivity contribution in [2.24, 2.45) is 5.41 Å². The molecule has 100 valence electrons. The van der Waals surface area contributed by atoms with Crippen molar-refractivity contribution < 1.29 is 8.78 Å². The Kier molecular flexibility index (Phi) is 2.23. The minimum atomic E-state index is -2.42. The molecule has 0 N–H and O–H groups in total. The molecule has 0 atom stereocenters. The van der Waals surface area contributed by atoms with Crippen molar-refractivity contribution in [3.05, 3.63) is 23.7 Å². The van der Waals surface area contributed by atoms with E-state index in [1.807, 2.05) is 12.3 Å². The van der Waals surface area contributed by atoms with Gasteiger partial charge in [-0.15, -0.1) is 11.3 Å². The minimum absolute atomic E-state index is 0.0872. The lowest BCUT2D eigenvalue weighted by Crippen LogP contribution is -2.37. The van der Waals surface area contributed by atoms with Crippen LogP contribution in [0.5, 0.6) is 0 Å². The highest BCUT2D eigenvalue weighted by Gasteiger charge is 2.70. The smallest absolute Gasteiger partial charge is 0.254 e. The van der Waals surface area contributed by atoms with Crippen LogP contribution >= 0.6 is 11.3 Å². The van der Waals surface area contributed by atoms with Crippen molar-refractivity contribution in [1.82, 2.24) is 4.98 Å². The van der Waals surface area contributed by atoms with Gasteiger partial charge in [0.05, 0.1) is 0 Å². The average Bonchev–Trinajstić information content (AvgIpc) is 2.79. The van der Waals surface area contributed by atoms with Crippen molar-refractivity contribution in [1.29, 1.82) is 0 Å². The Morgan fingerprint density at radius 1 is 1.21 bits per heavy atom. The zero-order valence-electron chi connectivity index (χ0n) is 10.4. The standard InChI is InChI=1S/C14H14F2N2S/c15-14(16)9-13(14)3-6-18(7-4-13)12-10-2-8-19-11(10)1-5-17-12/h1-2,5,8H,3-4,6-7,9H2. The van der Waals surface area contributed by atoms with E-state index in [0.29, 0.717) is 25.9 Å². The monoisotopic (exact) mass is 280 g/mol. The molecule has 2 aliphatic rings. The summed E-state index contributed by atoms with van der Waals surface area (Å²) in [5.41, 5.74) is -0.688. The third-order valence-corrected chi connectivity index (χ3v) is 5.47. The number of anilines is 1. The van der Waals surface area contributed by atoms with E-state index >= 15 is 0 Å². The number of halogens is 2. The van der Waals surface area contributed by atoms with Gasteiger partial charge in [-0.05, 0) is 30.4 Å². The van der Waals surface area contributed by atoms with E-state index in [2.05, 4.69) is 21.3 Å². The normalized spacial score (nSPS) is 24.0. The first-order chi connectivity index (χ1) is 9.11. The van der Waals surface area contributed by atoms with Crippen molar-refractivity contribution in [3.8, 4) is 0 Å². The average molecular weight is 280 g/mol. The number of hydrogen-bond acceptors (Lipinski definition) is 3. The molecule has 1 spiro atoms. The van der Waals surface area contributed by atoms with Crippen LogP contribution in [0.4, 0.5) is 14.6 Å². The molecule has 3 heterocycles. The maximum absolute atomic E-state index is 13.4. The van der Waals surface area contributed by atoms with Gasteiger partial charge < -0.3 is 4.90 Å². The van der Waals surface area contributed by atoms with Gasteiger partial charge in [0, 0.05) is 41.2 Å². The third-order valence-electron chi connectivity index (χ3n) is 4.59. The van der Waals surface area contributed by atoms with Gasteiger partial charge in [-0.3, -0.25) is 0 Å². The lowest BCUT2D eigenvalue weighted by Gasteiger charge is -2.33. The number of aromatic nitrogens is 1. The molecule has 4 rings (SSSR count). The molecule has 0 amide bonds. The molecular weight excluding hydrogens is 266 g/mol. The number of piperidine rings is 1. The molecule has 2 nitrogen and oxygen atoms in total. The molecule has 0 aromatic carbocycles. The number of fused-ring (bicyclic) bond motifs is 1. The van der Waals surface area contributed by atoms with Crippen molar-refractivity contribution >= 4 is 27.2 Å². The summed E-state index contributed by atoms with van der Waals surface area (Å²) in [5, 5.41) is 3.20. The maximum Gasteiger partial charge on any atom is 0.254 e. The summed E-state index contributed by atoms with van der Waals surface area (Å²) in [6.45, 7) is 1.38. The van der Waals surface area contributed by atoms with Crippen LogP contribution in [0.3, 0.4) is 0 Å². The van der Waals surface area contributed by atoms with Crippen molar-refractivity contribution in [2.45, 2.75) is 25.2 Å². The summed E-state index contributed by atoms with van der Waals surface area (Å²) in [5.74, 6) is -1.46. The number of alkyl halides is 2. The highest BCUT2D eigenvalue weighted by molar-refractivity contribution is 7.17. The van der Waals surface area contributed by atoms with E-state index in [0.717, 1.165) is 11.2 Å². The molecule has 0 bridgehead atoms. The van der Waals surface area contributed by atoms with Crippen LogP contribution in [-0.4, -0.2) is 24.0 Å².